The maximum atomic E-state index is 12.5. The third-order valence-electron chi connectivity index (χ3n) is 4.83. The lowest BCUT2D eigenvalue weighted by Crippen LogP contribution is -2.17. The van der Waals surface area contributed by atoms with E-state index in [0.29, 0.717) is 16.5 Å². The Labute approximate surface area is 167 Å². The maximum Gasteiger partial charge on any atom is 0.341 e. The van der Waals surface area contributed by atoms with E-state index < -0.39 is 17.8 Å². The van der Waals surface area contributed by atoms with Crippen LogP contribution in [0.1, 0.15) is 58.5 Å². The molecule has 0 fully saturated rings. The number of anilines is 1. The number of carboxylic acid groups (broad SMARTS) is 1. The topological polar surface area (TPSA) is 92.7 Å². The first-order valence-electron chi connectivity index (χ1n) is 9.37. The number of carbonyl (C=O) groups excluding carboxylic acids is 2. The summed E-state index contributed by atoms with van der Waals surface area (Å²) in [5.74, 6) is -1.51. The van der Waals surface area contributed by atoms with Gasteiger partial charge >= 0.3 is 11.9 Å². The first-order valence-corrected chi connectivity index (χ1v) is 10.2. The number of esters is 1. The fourth-order valence-corrected chi connectivity index (χ4v) is 4.84. The van der Waals surface area contributed by atoms with E-state index in [9.17, 15) is 14.4 Å². The summed E-state index contributed by atoms with van der Waals surface area (Å²) in [6.45, 7) is 2.00. The second-order valence-corrected chi connectivity index (χ2v) is 7.83. The molecule has 7 heteroatoms. The van der Waals surface area contributed by atoms with Crippen molar-refractivity contribution in [3.05, 3.63) is 51.9 Å². The number of amides is 1. The van der Waals surface area contributed by atoms with Gasteiger partial charge in [-0.05, 0) is 43.2 Å². The van der Waals surface area contributed by atoms with Gasteiger partial charge in [-0.15, -0.1) is 11.3 Å². The highest BCUT2D eigenvalue weighted by molar-refractivity contribution is 7.17. The number of benzene rings is 1. The van der Waals surface area contributed by atoms with Crippen LogP contribution in [0.25, 0.3) is 0 Å². The summed E-state index contributed by atoms with van der Waals surface area (Å²) in [5, 5.41) is 12.0. The number of rotatable bonds is 7. The van der Waals surface area contributed by atoms with Gasteiger partial charge < -0.3 is 15.2 Å². The average molecular weight is 401 g/mol. The first kappa shape index (κ1) is 20.1. The molecule has 0 unspecified atom stereocenters. The summed E-state index contributed by atoms with van der Waals surface area (Å²) in [6.07, 6.45) is 2.09. The van der Waals surface area contributed by atoms with Crippen molar-refractivity contribution in [1.29, 1.82) is 0 Å². The summed E-state index contributed by atoms with van der Waals surface area (Å²) in [6, 6.07) is 10.3. The molecule has 3 rings (SSSR count). The van der Waals surface area contributed by atoms with Gasteiger partial charge in [-0.25, -0.2) is 4.79 Å². The lowest BCUT2D eigenvalue weighted by molar-refractivity contribution is -0.138. The number of carbonyl (C=O) groups is 3. The predicted molar refractivity (Wildman–Crippen MR) is 107 cm³/mol. The molecule has 1 atom stereocenters. The highest BCUT2D eigenvalue weighted by Gasteiger charge is 2.30. The molecule has 2 aromatic rings. The third-order valence-corrected chi connectivity index (χ3v) is 6.00. The van der Waals surface area contributed by atoms with Gasteiger partial charge in [-0.3, -0.25) is 9.59 Å². The molecule has 0 saturated carbocycles. The van der Waals surface area contributed by atoms with E-state index >= 15 is 0 Å². The van der Waals surface area contributed by atoms with Gasteiger partial charge in [0.15, 0.2) is 0 Å². The minimum absolute atomic E-state index is 0.132. The molecule has 1 aliphatic carbocycles. The average Bonchev–Trinajstić information content (AvgIpc) is 3.04. The molecule has 148 valence electrons. The molecule has 0 saturated heterocycles. The molecule has 0 spiro atoms. The number of ether oxygens (including phenoxy) is 1. The van der Waals surface area contributed by atoms with Gasteiger partial charge in [-0.2, -0.15) is 0 Å². The summed E-state index contributed by atoms with van der Waals surface area (Å²) in [7, 11) is 0. The van der Waals surface area contributed by atoms with Gasteiger partial charge in [-0.1, -0.05) is 30.3 Å². The van der Waals surface area contributed by atoms with E-state index in [1.54, 1.807) is 6.92 Å². The zero-order chi connectivity index (χ0) is 20.1. The Bertz CT molecular complexity index is 874. The van der Waals surface area contributed by atoms with Crippen molar-refractivity contribution in [2.45, 2.75) is 44.9 Å². The smallest absolute Gasteiger partial charge is 0.341 e. The quantitative estimate of drug-likeness (QED) is 0.684. The number of hydrogen-bond donors (Lipinski definition) is 2. The fourth-order valence-electron chi connectivity index (χ4n) is 3.51. The van der Waals surface area contributed by atoms with Crippen LogP contribution in [0.4, 0.5) is 5.00 Å². The van der Waals surface area contributed by atoms with Gasteiger partial charge in [0.25, 0.3) is 0 Å². The van der Waals surface area contributed by atoms with Gasteiger partial charge in [0.1, 0.15) is 5.00 Å². The Balaban J connectivity index is 1.86. The summed E-state index contributed by atoms with van der Waals surface area (Å²) < 4.78 is 5.21. The molecule has 1 heterocycles. The zero-order valence-corrected chi connectivity index (χ0v) is 16.5. The monoisotopic (exact) mass is 401 g/mol. The molecule has 28 heavy (non-hydrogen) atoms. The second kappa shape index (κ2) is 9.01. The maximum absolute atomic E-state index is 12.5. The van der Waals surface area contributed by atoms with E-state index in [0.717, 1.165) is 29.7 Å². The number of nitrogens with one attached hydrogen (secondary N) is 1. The number of fused-ring (bicyclic) bond motifs is 1. The van der Waals surface area contributed by atoms with E-state index in [4.69, 9.17) is 9.84 Å². The summed E-state index contributed by atoms with van der Waals surface area (Å²) >= 11 is 1.40. The van der Waals surface area contributed by atoms with Gasteiger partial charge in [0.05, 0.1) is 18.6 Å². The van der Waals surface area contributed by atoms with Crippen molar-refractivity contribution in [2.75, 3.05) is 11.9 Å². The molecular weight excluding hydrogens is 378 g/mol. The largest absolute Gasteiger partial charge is 0.481 e. The normalized spacial score (nSPS) is 15.5. The molecule has 1 aromatic carbocycles. The van der Waals surface area contributed by atoms with Crippen molar-refractivity contribution >= 4 is 34.2 Å². The molecule has 1 aromatic heterocycles. The molecule has 0 bridgehead atoms. The highest BCUT2D eigenvalue weighted by atomic mass is 32.1. The Morgan fingerprint density at radius 1 is 1.21 bits per heavy atom. The lowest BCUT2D eigenvalue weighted by Gasteiger charge is -2.23. The van der Waals surface area contributed by atoms with Crippen LogP contribution in [-0.4, -0.2) is 29.6 Å². The predicted octanol–water partition coefficient (Wildman–Crippen LogP) is 4.00. The minimum atomic E-state index is -1.03. The molecule has 1 aliphatic rings. The lowest BCUT2D eigenvalue weighted by atomic mass is 9.83. The van der Waals surface area contributed by atoms with Crippen molar-refractivity contribution in [1.82, 2.24) is 0 Å². The number of thiophene rings is 1. The van der Waals surface area contributed by atoms with Crippen LogP contribution in [-0.2, 0) is 27.2 Å². The number of hydrogen-bond acceptors (Lipinski definition) is 5. The van der Waals surface area contributed by atoms with Crippen molar-refractivity contribution in [3.8, 4) is 0 Å². The van der Waals surface area contributed by atoms with E-state index in [2.05, 4.69) is 17.4 Å². The molecule has 2 N–H and O–H groups in total. The Morgan fingerprint density at radius 2 is 1.96 bits per heavy atom. The summed E-state index contributed by atoms with van der Waals surface area (Å²) in [4.78, 5) is 36.4. The Hall–Kier alpha value is -2.67. The van der Waals surface area contributed by atoms with Crippen LogP contribution in [0.2, 0.25) is 0 Å². The molecule has 6 nitrogen and oxygen atoms in total. The van der Waals surface area contributed by atoms with Gasteiger partial charge in [0, 0.05) is 11.3 Å². The fraction of sp³-hybridized carbons (Fsp3) is 0.381. The SMILES string of the molecule is CCOC(=O)c1c(NC(=O)CCC(=O)O)sc2c1CC[C@@H](c1ccccc1)C2. The van der Waals surface area contributed by atoms with E-state index in [1.165, 1.54) is 16.9 Å². The highest BCUT2D eigenvalue weighted by Crippen LogP contribution is 2.42. The van der Waals surface area contributed by atoms with Crippen LogP contribution < -0.4 is 5.32 Å². The van der Waals surface area contributed by atoms with Crippen LogP contribution in [0, 0.1) is 0 Å². The number of aliphatic carboxylic acids is 1. The second-order valence-electron chi connectivity index (χ2n) is 6.72. The number of carboxylic acids is 1. The zero-order valence-electron chi connectivity index (χ0n) is 15.7. The summed E-state index contributed by atoms with van der Waals surface area (Å²) in [5.41, 5.74) is 2.65. The minimum Gasteiger partial charge on any atom is -0.481 e. The Morgan fingerprint density at radius 3 is 2.64 bits per heavy atom. The van der Waals surface area contributed by atoms with Crippen molar-refractivity contribution in [2.24, 2.45) is 0 Å². The molecule has 0 aliphatic heterocycles. The molecule has 0 radical (unpaired) electrons. The molecule has 1 amide bonds. The van der Waals surface area contributed by atoms with Crippen LogP contribution >= 0.6 is 11.3 Å². The van der Waals surface area contributed by atoms with Crippen LogP contribution in [0.5, 0.6) is 0 Å². The Kier molecular flexibility index (Phi) is 6.46. The van der Waals surface area contributed by atoms with Crippen molar-refractivity contribution in [3.63, 3.8) is 0 Å². The molecular formula is C21H23NO5S. The van der Waals surface area contributed by atoms with Crippen LogP contribution in [0.3, 0.4) is 0 Å². The third kappa shape index (κ3) is 4.59. The van der Waals surface area contributed by atoms with Crippen LogP contribution in [0.15, 0.2) is 30.3 Å². The van der Waals surface area contributed by atoms with E-state index in [1.807, 2.05) is 18.2 Å². The van der Waals surface area contributed by atoms with Gasteiger partial charge in [0.2, 0.25) is 5.91 Å². The van der Waals surface area contributed by atoms with Crippen molar-refractivity contribution < 1.29 is 24.2 Å². The van der Waals surface area contributed by atoms with E-state index in [-0.39, 0.29) is 19.4 Å². The first-order chi connectivity index (χ1) is 13.5. The standard InChI is InChI=1S/C21H23NO5S/c1-2-27-21(26)19-15-9-8-14(13-6-4-3-5-7-13)12-16(15)28-20(19)22-17(23)10-11-18(24)25/h3-7,14H,2,8-12H2,1H3,(H,22,23)(H,24,25)/t14-/m1/s1.